The topological polar surface area (TPSA) is 53.6 Å². The molecule has 0 amide bonds. The van der Waals surface area contributed by atoms with Gasteiger partial charge in [-0.1, -0.05) is 0 Å². The summed E-state index contributed by atoms with van der Waals surface area (Å²) in [6.07, 6.45) is 0.800. The highest BCUT2D eigenvalue weighted by Gasteiger charge is 2.15. The Labute approximate surface area is 50.9 Å². The van der Waals surface area contributed by atoms with E-state index >= 15 is 0 Å². The van der Waals surface area contributed by atoms with Gasteiger partial charge in [0.25, 0.3) is 0 Å². The van der Waals surface area contributed by atoms with Crippen LogP contribution in [-0.2, 0) is 0 Å². The molecule has 5 heteroatoms. The summed E-state index contributed by atoms with van der Waals surface area (Å²) >= 11 is 0. The average Bonchev–Trinajstić information content (AvgIpc) is 2.14. The van der Waals surface area contributed by atoms with Crippen LogP contribution in [0.2, 0.25) is 0 Å². The van der Waals surface area contributed by atoms with Gasteiger partial charge in [0.05, 0.1) is 0 Å². The summed E-state index contributed by atoms with van der Waals surface area (Å²) in [6, 6.07) is 0.907. The molecule has 0 saturated carbocycles. The number of hydrogen-bond acceptors (Lipinski definition) is 3. The highest BCUT2D eigenvalue weighted by atomic mass is 19.1. The van der Waals surface area contributed by atoms with Gasteiger partial charge in [0, 0.05) is 6.07 Å². The first-order valence-electron chi connectivity index (χ1n) is 2.30. The molecule has 9 heavy (non-hydrogen) atoms. The maximum absolute atomic E-state index is 12.0. The molecule has 1 aromatic rings. The smallest absolute Gasteiger partial charge is 0.470 e. The first kappa shape index (κ1) is 6.32. The monoisotopic (exact) mass is 130 g/mol. The summed E-state index contributed by atoms with van der Waals surface area (Å²) < 4.78 is 16.3. The van der Waals surface area contributed by atoms with Crippen molar-refractivity contribution in [1.82, 2.24) is 0 Å². The molecule has 0 aliphatic rings. The first-order valence-corrected chi connectivity index (χ1v) is 2.30. The minimum Gasteiger partial charge on any atom is -0.470 e. The fourth-order valence-electron chi connectivity index (χ4n) is 0.464. The van der Waals surface area contributed by atoms with Crippen LogP contribution in [0.5, 0.6) is 0 Å². The van der Waals surface area contributed by atoms with E-state index in [1.165, 1.54) is 0 Å². The predicted octanol–water partition coefficient (Wildman–Crippen LogP) is -0.902. The molecule has 3 nitrogen and oxygen atoms in total. The molecular formula is C4H4BFO3. The third-order valence-corrected chi connectivity index (χ3v) is 0.842. The van der Waals surface area contributed by atoms with Crippen molar-refractivity contribution in [1.29, 1.82) is 0 Å². The van der Waals surface area contributed by atoms with E-state index < -0.39 is 12.9 Å². The molecule has 0 aromatic carbocycles. The van der Waals surface area contributed by atoms with E-state index in [0.717, 1.165) is 12.3 Å². The first-order chi connectivity index (χ1) is 4.20. The van der Waals surface area contributed by atoms with Crippen molar-refractivity contribution in [2.24, 2.45) is 0 Å². The fraction of sp³-hybridized carbons (Fsp3) is 0. The number of rotatable bonds is 1. The Hall–Kier alpha value is -0.805. The molecule has 1 aromatic heterocycles. The Morgan fingerprint density at radius 3 is 2.44 bits per heavy atom. The third-order valence-electron chi connectivity index (χ3n) is 0.842. The largest absolute Gasteiger partial charge is 0.526 e. The second-order valence-electron chi connectivity index (χ2n) is 1.54. The molecule has 0 aliphatic heterocycles. The molecule has 0 bridgehead atoms. The van der Waals surface area contributed by atoms with Crippen LogP contribution in [0.4, 0.5) is 4.39 Å². The van der Waals surface area contributed by atoms with Gasteiger partial charge >= 0.3 is 7.12 Å². The minimum absolute atomic E-state index is 0.187. The lowest BCUT2D eigenvalue weighted by atomic mass is 9.88. The normalized spacial score (nSPS) is 9.67. The van der Waals surface area contributed by atoms with Gasteiger partial charge in [-0.2, -0.15) is 0 Å². The van der Waals surface area contributed by atoms with Gasteiger partial charge in [0.15, 0.2) is 5.82 Å². The van der Waals surface area contributed by atoms with Crippen LogP contribution >= 0.6 is 0 Å². The standard InChI is InChI=1S/C4H4BFO3/c6-3-1-4(5(7)8)9-2-3/h1-2,7-8H. The van der Waals surface area contributed by atoms with Gasteiger partial charge in [-0.15, -0.1) is 0 Å². The number of furan rings is 1. The molecule has 2 N–H and O–H groups in total. The lowest BCUT2D eigenvalue weighted by molar-refractivity contribution is 0.409. The summed E-state index contributed by atoms with van der Waals surface area (Å²) in [5, 5.41) is 16.7. The fourth-order valence-corrected chi connectivity index (χ4v) is 0.464. The van der Waals surface area contributed by atoms with Crippen LogP contribution < -0.4 is 5.66 Å². The van der Waals surface area contributed by atoms with Crippen molar-refractivity contribution < 1.29 is 18.9 Å². The van der Waals surface area contributed by atoms with Gasteiger partial charge in [0.1, 0.15) is 11.9 Å². The SMILES string of the molecule is OB(O)c1cc(F)co1. The Bertz CT molecular complexity index is 197. The van der Waals surface area contributed by atoms with Crippen LogP contribution in [0.3, 0.4) is 0 Å². The number of hydrogen-bond donors (Lipinski definition) is 2. The molecule has 0 unspecified atom stereocenters. The zero-order valence-electron chi connectivity index (χ0n) is 4.41. The second-order valence-corrected chi connectivity index (χ2v) is 1.54. The Morgan fingerprint density at radius 2 is 2.22 bits per heavy atom. The van der Waals surface area contributed by atoms with E-state index in [2.05, 4.69) is 4.42 Å². The van der Waals surface area contributed by atoms with Gasteiger partial charge < -0.3 is 14.5 Å². The van der Waals surface area contributed by atoms with Crippen molar-refractivity contribution in [2.75, 3.05) is 0 Å². The van der Waals surface area contributed by atoms with Crippen molar-refractivity contribution >= 4 is 12.8 Å². The predicted molar refractivity (Wildman–Crippen MR) is 28.5 cm³/mol. The van der Waals surface area contributed by atoms with Crippen LogP contribution in [0.15, 0.2) is 16.7 Å². The molecule has 48 valence electrons. The zero-order chi connectivity index (χ0) is 6.85. The molecule has 0 fully saturated rings. The summed E-state index contributed by atoms with van der Waals surface area (Å²) in [5.74, 6) is -0.613. The van der Waals surface area contributed by atoms with Gasteiger partial charge in [-0.3, -0.25) is 0 Å². The Balaban J connectivity index is 2.85. The summed E-state index contributed by atoms with van der Waals surface area (Å²) in [4.78, 5) is 0. The van der Waals surface area contributed by atoms with E-state index in [9.17, 15) is 4.39 Å². The summed E-state index contributed by atoms with van der Waals surface area (Å²) in [5.41, 5.74) is -0.187. The van der Waals surface area contributed by atoms with E-state index in [0.29, 0.717) is 0 Å². The maximum atomic E-state index is 12.0. The molecule has 1 rings (SSSR count). The summed E-state index contributed by atoms with van der Waals surface area (Å²) in [7, 11) is -1.73. The molecule has 0 radical (unpaired) electrons. The molecule has 1 heterocycles. The number of halogens is 1. The lowest BCUT2D eigenvalue weighted by Gasteiger charge is -1.86. The molecule has 0 spiro atoms. The Morgan fingerprint density at radius 1 is 1.56 bits per heavy atom. The summed E-state index contributed by atoms with van der Waals surface area (Å²) in [6.45, 7) is 0. The molecule has 0 saturated heterocycles. The van der Waals surface area contributed by atoms with Crippen molar-refractivity contribution in [2.45, 2.75) is 0 Å². The van der Waals surface area contributed by atoms with Crippen molar-refractivity contribution in [3.8, 4) is 0 Å². The van der Waals surface area contributed by atoms with Crippen LogP contribution in [-0.4, -0.2) is 17.2 Å². The lowest BCUT2D eigenvalue weighted by Crippen LogP contribution is -2.27. The van der Waals surface area contributed by atoms with Gasteiger partial charge in [-0.25, -0.2) is 4.39 Å². The highest BCUT2D eigenvalue weighted by molar-refractivity contribution is 6.56. The van der Waals surface area contributed by atoms with Crippen molar-refractivity contribution in [3.05, 3.63) is 18.1 Å². The molecule has 0 aliphatic carbocycles. The maximum Gasteiger partial charge on any atom is 0.526 e. The zero-order valence-corrected chi connectivity index (χ0v) is 4.41. The van der Waals surface area contributed by atoms with Crippen LogP contribution in [0, 0.1) is 5.82 Å². The highest BCUT2D eigenvalue weighted by Crippen LogP contribution is 1.93. The molecule has 0 atom stereocenters. The van der Waals surface area contributed by atoms with E-state index in [4.69, 9.17) is 10.0 Å². The van der Waals surface area contributed by atoms with E-state index in [-0.39, 0.29) is 5.66 Å². The molecular weight excluding hydrogens is 126 g/mol. The second kappa shape index (κ2) is 2.20. The average molecular weight is 130 g/mol. The Kier molecular flexibility index (Phi) is 1.55. The van der Waals surface area contributed by atoms with Gasteiger partial charge in [0.2, 0.25) is 0 Å². The minimum atomic E-state index is -1.73. The third kappa shape index (κ3) is 1.31. The quantitative estimate of drug-likeness (QED) is 0.484. The van der Waals surface area contributed by atoms with Crippen LogP contribution in [0.25, 0.3) is 0 Å². The van der Waals surface area contributed by atoms with E-state index in [1.807, 2.05) is 0 Å². The van der Waals surface area contributed by atoms with Crippen LogP contribution in [0.1, 0.15) is 0 Å². The van der Waals surface area contributed by atoms with Gasteiger partial charge in [-0.05, 0) is 0 Å². The van der Waals surface area contributed by atoms with Crippen molar-refractivity contribution in [3.63, 3.8) is 0 Å². The van der Waals surface area contributed by atoms with E-state index in [1.54, 1.807) is 0 Å².